The van der Waals surface area contributed by atoms with Gasteiger partial charge >= 0.3 is 0 Å². The lowest BCUT2D eigenvalue weighted by Gasteiger charge is -2.37. The first-order valence-corrected chi connectivity index (χ1v) is 10.5. The van der Waals surface area contributed by atoms with Crippen molar-refractivity contribution in [2.45, 2.75) is 45.4 Å². The van der Waals surface area contributed by atoms with Gasteiger partial charge < -0.3 is 14.4 Å². The molecule has 0 bridgehead atoms. The van der Waals surface area contributed by atoms with Crippen LogP contribution in [-0.4, -0.2) is 47.8 Å². The molecule has 4 rings (SSSR count). The summed E-state index contributed by atoms with van der Waals surface area (Å²) in [5, 5.41) is 11.3. The summed E-state index contributed by atoms with van der Waals surface area (Å²) in [5.41, 5.74) is 0.678. The summed E-state index contributed by atoms with van der Waals surface area (Å²) < 4.78 is 11.3. The Morgan fingerprint density at radius 1 is 1.09 bits per heavy atom. The van der Waals surface area contributed by atoms with Crippen LogP contribution in [0.3, 0.4) is 0 Å². The van der Waals surface area contributed by atoms with Crippen LogP contribution >= 0.6 is 0 Å². The number of carbonyl (C=O) groups is 3. The maximum absolute atomic E-state index is 13.4. The van der Waals surface area contributed by atoms with E-state index >= 15 is 0 Å². The topological polar surface area (TPSA) is 119 Å². The number of benzene rings is 2. The van der Waals surface area contributed by atoms with Crippen molar-refractivity contribution in [2.75, 3.05) is 16.8 Å². The molecule has 10 heteroatoms. The average molecular weight is 453 g/mol. The van der Waals surface area contributed by atoms with Crippen LogP contribution in [0, 0.1) is 10.1 Å². The molecule has 2 aromatic rings. The van der Waals surface area contributed by atoms with Crippen molar-refractivity contribution in [3.63, 3.8) is 0 Å². The van der Waals surface area contributed by atoms with Crippen molar-refractivity contribution in [1.82, 2.24) is 0 Å². The smallest absolute Gasteiger partial charge is 0.271 e. The second-order valence-corrected chi connectivity index (χ2v) is 8.01. The zero-order valence-corrected chi connectivity index (χ0v) is 18.6. The van der Waals surface area contributed by atoms with E-state index in [4.69, 9.17) is 9.47 Å². The zero-order chi connectivity index (χ0) is 24.0. The van der Waals surface area contributed by atoms with Crippen LogP contribution in [0.4, 0.5) is 17.1 Å². The van der Waals surface area contributed by atoms with Crippen LogP contribution < -0.4 is 19.3 Å². The number of fused-ring (bicyclic) bond motifs is 2. The number of non-ortho nitro benzene ring substituents is 1. The maximum atomic E-state index is 13.4. The minimum Gasteiger partial charge on any atom is -0.479 e. The van der Waals surface area contributed by atoms with E-state index in [1.54, 1.807) is 46.0 Å². The predicted molar refractivity (Wildman–Crippen MR) is 119 cm³/mol. The zero-order valence-electron chi connectivity index (χ0n) is 18.6. The maximum Gasteiger partial charge on any atom is 0.271 e. The van der Waals surface area contributed by atoms with E-state index in [9.17, 15) is 24.5 Å². The summed E-state index contributed by atoms with van der Waals surface area (Å²) in [7, 11) is 1.60. The van der Waals surface area contributed by atoms with E-state index in [0.717, 1.165) is 0 Å². The SMILES string of the molecule is CCC1Oc2ccc([N+](=O)[O-])cc2N(C(C)C(=O)c2ccc3c(c2)N(C)C(=O)C(C)O3)C1=O. The Labute approximate surface area is 189 Å². The number of ether oxygens (including phenoxy) is 2. The Bertz CT molecular complexity index is 1180. The molecule has 2 heterocycles. The van der Waals surface area contributed by atoms with Gasteiger partial charge in [0.25, 0.3) is 17.5 Å². The van der Waals surface area contributed by atoms with Crippen LogP contribution in [0.5, 0.6) is 11.5 Å². The molecule has 3 unspecified atom stereocenters. The van der Waals surface area contributed by atoms with E-state index < -0.39 is 29.1 Å². The molecule has 3 atom stereocenters. The molecule has 0 aromatic heterocycles. The fourth-order valence-electron chi connectivity index (χ4n) is 4.07. The van der Waals surface area contributed by atoms with Crippen molar-refractivity contribution < 1.29 is 28.8 Å². The number of hydrogen-bond donors (Lipinski definition) is 0. The van der Waals surface area contributed by atoms with Crippen LogP contribution in [0.2, 0.25) is 0 Å². The Morgan fingerprint density at radius 3 is 2.42 bits per heavy atom. The highest BCUT2D eigenvalue weighted by Gasteiger charge is 2.40. The second kappa shape index (κ2) is 8.19. The van der Waals surface area contributed by atoms with E-state index in [1.807, 2.05) is 0 Å². The average Bonchev–Trinajstić information content (AvgIpc) is 2.80. The number of nitro benzene ring substituents is 1. The van der Waals surface area contributed by atoms with Crippen molar-refractivity contribution in [3.8, 4) is 11.5 Å². The summed E-state index contributed by atoms with van der Waals surface area (Å²) >= 11 is 0. The van der Waals surface area contributed by atoms with Gasteiger partial charge in [-0.15, -0.1) is 0 Å². The number of carbonyl (C=O) groups excluding carboxylic acids is 3. The summed E-state index contributed by atoms with van der Waals surface area (Å²) in [6, 6.07) is 7.73. The van der Waals surface area contributed by atoms with Crippen LogP contribution in [0.25, 0.3) is 0 Å². The first kappa shape index (κ1) is 22.3. The molecule has 0 saturated heterocycles. The Balaban J connectivity index is 1.73. The van der Waals surface area contributed by atoms with Crippen molar-refractivity contribution in [2.24, 2.45) is 0 Å². The minimum absolute atomic E-state index is 0.169. The lowest BCUT2D eigenvalue weighted by molar-refractivity contribution is -0.384. The number of amides is 2. The normalized spacial score (nSPS) is 20.4. The summed E-state index contributed by atoms with van der Waals surface area (Å²) in [6.07, 6.45) is -1.07. The van der Waals surface area contributed by atoms with Gasteiger partial charge in [0.15, 0.2) is 18.0 Å². The Kier molecular flexibility index (Phi) is 5.52. The third-order valence-electron chi connectivity index (χ3n) is 5.92. The Morgan fingerprint density at radius 2 is 1.76 bits per heavy atom. The van der Waals surface area contributed by atoms with Crippen LogP contribution in [0.1, 0.15) is 37.6 Å². The molecule has 33 heavy (non-hydrogen) atoms. The highest BCUT2D eigenvalue weighted by Crippen LogP contribution is 2.40. The second-order valence-electron chi connectivity index (χ2n) is 8.01. The predicted octanol–water partition coefficient (Wildman–Crippen LogP) is 3.11. The van der Waals surface area contributed by atoms with Gasteiger partial charge in [0, 0.05) is 24.7 Å². The fourth-order valence-corrected chi connectivity index (χ4v) is 4.07. The third-order valence-corrected chi connectivity index (χ3v) is 5.92. The molecule has 10 nitrogen and oxygen atoms in total. The number of Topliss-reactive ketones (excluding diaryl/α,β-unsaturated/α-hetero) is 1. The summed E-state index contributed by atoms with van der Waals surface area (Å²) in [6.45, 7) is 4.99. The summed E-state index contributed by atoms with van der Waals surface area (Å²) in [4.78, 5) is 52.3. The number of nitrogens with zero attached hydrogens (tertiary/aromatic N) is 3. The van der Waals surface area contributed by atoms with Crippen molar-refractivity contribution >= 4 is 34.7 Å². The van der Waals surface area contributed by atoms with Crippen LogP contribution in [0.15, 0.2) is 36.4 Å². The van der Waals surface area contributed by atoms with Gasteiger partial charge in [-0.1, -0.05) is 6.92 Å². The van der Waals surface area contributed by atoms with Gasteiger partial charge in [-0.05, 0) is 44.5 Å². The van der Waals surface area contributed by atoms with Gasteiger partial charge in [0.05, 0.1) is 22.3 Å². The van der Waals surface area contributed by atoms with Crippen molar-refractivity contribution in [1.29, 1.82) is 0 Å². The van der Waals surface area contributed by atoms with Gasteiger partial charge in [0.1, 0.15) is 11.5 Å². The molecule has 2 aromatic carbocycles. The molecule has 0 saturated carbocycles. The molecular formula is C23H23N3O7. The Hall–Kier alpha value is -3.95. The fraction of sp³-hybridized carbons (Fsp3) is 0.348. The monoisotopic (exact) mass is 453 g/mol. The molecule has 0 spiro atoms. The molecular weight excluding hydrogens is 430 g/mol. The van der Waals surface area contributed by atoms with Gasteiger partial charge in [-0.3, -0.25) is 29.4 Å². The number of hydrogen-bond acceptors (Lipinski definition) is 7. The first-order chi connectivity index (χ1) is 15.6. The molecule has 0 N–H and O–H groups in total. The molecule has 0 aliphatic carbocycles. The highest BCUT2D eigenvalue weighted by atomic mass is 16.6. The molecule has 2 amide bonds. The standard InChI is InChI=1S/C23H23N3O7/c1-5-18-23(29)25(17-11-15(26(30)31)7-9-20(17)33-18)12(2)21(27)14-6-8-19-16(10-14)24(4)22(28)13(3)32-19/h6-13,18H,5H2,1-4H3. The van der Waals surface area contributed by atoms with E-state index in [2.05, 4.69) is 0 Å². The number of ketones is 1. The van der Waals surface area contributed by atoms with E-state index in [0.29, 0.717) is 23.6 Å². The van der Waals surface area contributed by atoms with Gasteiger partial charge in [-0.2, -0.15) is 0 Å². The van der Waals surface area contributed by atoms with Gasteiger partial charge in [-0.25, -0.2) is 0 Å². The molecule has 172 valence electrons. The largest absolute Gasteiger partial charge is 0.479 e. The number of nitro groups is 1. The third kappa shape index (κ3) is 3.67. The molecule has 2 aliphatic heterocycles. The molecule has 2 aliphatic rings. The lowest BCUT2D eigenvalue weighted by Crippen LogP contribution is -2.52. The lowest BCUT2D eigenvalue weighted by atomic mass is 9.99. The molecule has 0 radical (unpaired) electrons. The molecule has 0 fully saturated rings. The van der Waals surface area contributed by atoms with E-state index in [-0.39, 0.29) is 28.6 Å². The number of anilines is 2. The van der Waals surface area contributed by atoms with Gasteiger partial charge in [0.2, 0.25) is 0 Å². The first-order valence-electron chi connectivity index (χ1n) is 10.5. The van der Waals surface area contributed by atoms with Crippen LogP contribution in [-0.2, 0) is 9.59 Å². The highest BCUT2D eigenvalue weighted by molar-refractivity contribution is 6.11. The number of rotatable bonds is 5. The summed E-state index contributed by atoms with van der Waals surface area (Å²) in [5.74, 6) is -0.308. The van der Waals surface area contributed by atoms with Crippen molar-refractivity contribution in [3.05, 3.63) is 52.1 Å². The minimum atomic E-state index is -0.973. The number of likely N-dealkylation sites (N-methyl/N-ethyl adjacent to an activating group) is 1. The van der Waals surface area contributed by atoms with E-state index in [1.165, 1.54) is 28.0 Å². The quantitative estimate of drug-likeness (QED) is 0.388.